The molecule has 0 spiro atoms. The molecule has 1 fully saturated rings. The van der Waals surface area contributed by atoms with Crippen molar-refractivity contribution in [3.8, 4) is 11.6 Å². The molecule has 4 aromatic rings. The van der Waals surface area contributed by atoms with Gasteiger partial charge < -0.3 is 19.6 Å². The number of rotatable bonds is 6. The van der Waals surface area contributed by atoms with Crippen LogP contribution in [0.4, 0.5) is 11.8 Å². The Morgan fingerprint density at radius 2 is 2.20 bits per heavy atom. The Balaban J connectivity index is 1.34. The zero-order valence-electron chi connectivity index (χ0n) is 17.0. The summed E-state index contributed by atoms with van der Waals surface area (Å²) >= 11 is 0. The minimum absolute atomic E-state index is 0.293. The van der Waals surface area contributed by atoms with E-state index in [-0.39, 0.29) is 0 Å². The monoisotopic (exact) mass is 408 g/mol. The van der Waals surface area contributed by atoms with Gasteiger partial charge in [0.1, 0.15) is 11.6 Å². The van der Waals surface area contributed by atoms with Crippen LogP contribution in [0.1, 0.15) is 24.3 Å². The van der Waals surface area contributed by atoms with E-state index < -0.39 is 0 Å². The molecule has 1 aliphatic heterocycles. The van der Waals surface area contributed by atoms with Gasteiger partial charge in [-0.3, -0.25) is 4.90 Å². The number of hydrogen-bond acceptors (Lipinski definition) is 9. The van der Waals surface area contributed by atoms with Crippen LogP contribution in [0.15, 0.2) is 39.5 Å². The number of likely N-dealkylation sites (tertiary alicyclic amines) is 1. The van der Waals surface area contributed by atoms with Gasteiger partial charge in [0, 0.05) is 38.3 Å². The van der Waals surface area contributed by atoms with Crippen molar-refractivity contribution in [2.24, 2.45) is 0 Å². The minimum Gasteiger partial charge on any atom is -0.461 e. The maximum Gasteiger partial charge on any atom is 0.225 e. The van der Waals surface area contributed by atoms with Crippen molar-refractivity contribution in [3.63, 3.8) is 0 Å². The standard InChI is InChI=1S/C20H24N8O2/c1-13-9-14(25-30-13)11-27-7-3-5-15(27)12-26(2)17-10-18-22-19(16-6-4-8-29-16)24-28(18)20(21)23-17/h4,6,8-10,15H,3,5,7,11-12H2,1-2H3,(H2,21,23). The second kappa shape index (κ2) is 7.45. The number of furan rings is 1. The van der Waals surface area contributed by atoms with E-state index in [1.807, 2.05) is 32.2 Å². The Hall–Kier alpha value is -3.40. The van der Waals surface area contributed by atoms with Gasteiger partial charge in [-0.2, -0.15) is 9.50 Å². The molecule has 0 saturated carbocycles. The van der Waals surface area contributed by atoms with Crippen molar-refractivity contribution in [2.45, 2.75) is 32.4 Å². The summed E-state index contributed by atoms with van der Waals surface area (Å²) < 4.78 is 12.1. The van der Waals surface area contributed by atoms with Crippen molar-refractivity contribution >= 4 is 17.4 Å². The van der Waals surface area contributed by atoms with Crippen LogP contribution in [0.25, 0.3) is 17.2 Å². The van der Waals surface area contributed by atoms with Crippen LogP contribution < -0.4 is 10.6 Å². The van der Waals surface area contributed by atoms with Crippen LogP contribution in [0.3, 0.4) is 0 Å². The van der Waals surface area contributed by atoms with Gasteiger partial charge in [0.2, 0.25) is 11.8 Å². The largest absolute Gasteiger partial charge is 0.461 e. The third kappa shape index (κ3) is 3.50. The van der Waals surface area contributed by atoms with E-state index >= 15 is 0 Å². The van der Waals surface area contributed by atoms with Crippen LogP contribution in [0.2, 0.25) is 0 Å². The quantitative estimate of drug-likeness (QED) is 0.513. The summed E-state index contributed by atoms with van der Waals surface area (Å²) in [5, 5.41) is 8.54. The fourth-order valence-corrected chi connectivity index (χ4v) is 4.02. The number of nitrogens with zero attached hydrogens (tertiary/aromatic N) is 7. The third-order valence-corrected chi connectivity index (χ3v) is 5.49. The first-order valence-corrected chi connectivity index (χ1v) is 10.0. The van der Waals surface area contributed by atoms with Gasteiger partial charge in [0.05, 0.1) is 12.0 Å². The number of hydrogen-bond donors (Lipinski definition) is 1. The van der Waals surface area contributed by atoms with Crippen LogP contribution in [-0.2, 0) is 6.54 Å². The second-order valence-electron chi connectivity index (χ2n) is 7.73. The van der Waals surface area contributed by atoms with E-state index in [0.717, 1.165) is 43.3 Å². The lowest BCUT2D eigenvalue weighted by Gasteiger charge is -2.28. The number of nitrogens with two attached hydrogens (primary N) is 1. The van der Waals surface area contributed by atoms with Crippen molar-refractivity contribution in [2.75, 3.05) is 30.8 Å². The molecule has 10 nitrogen and oxygen atoms in total. The molecule has 1 unspecified atom stereocenters. The van der Waals surface area contributed by atoms with E-state index in [0.29, 0.717) is 29.2 Å². The predicted octanol–water partition coefficient (Wildman–Crippen LogP) is 2.36. The maximum absolute atomic E-state index is 6.16. The van der Waals surface area contributed by atoms with E-state index in [1.54, 1.807) is 12.3 Å². The predicted molar refractivity (Wildman–Crippen MR) is 111 cm³/mol. The second-order valence-corrected chi connectivity index (χ2v) is 7.73. The molecular weight excluding hydrogens is 384 g/mol. The van der Waals surface area contributed by atoms with E-state index in [4.69, 9.17) is 14.7 Å². The number of nitrogen functional groups attached to an aromatic ring is 1. The Morgan fingerprint density at radius 3 is 2.97 bits per heavy atom. The number of aryl methyl sites for hydroxylation is 1. The summed E-state index contributed by atoms with van der Waals surface area (Å²) in [6, 6.07) is 7.92. The van der Waals surface area contributed by atoms with Gasteiger partial charge >= 0.3 is 0 Å². The van der Waals surface area contributed by atoms with E-state index in [9.17, 15) is 0 Å². The van der Waals surface area contributed by atoms with Crippen molar-refractivity contribution in [1.29, 1.82) is 0 Å². The molecular formula is C20H24N8O2. The SMILES string of the molecule is Cc1cc(CN2CCCC2CN(C)c2cc3nc(-c4ccco4)nn3c(N)n2)no1. The molecule has 0 bridgehead atoms. The van der Waals surface area contributed by atoms with Crippen LogP contribution in [-0.4, -0.2) is 55.8 Å². The zero-order valence-corrected chi connectivity index (χ0v) is 17.0. The topological polar surface area (TPSA) is 115 Å². The minimum atomic E-state index is 0.293. The number of fused-ring (bicyclic) bond motifs is 1. The highest BCUT2D eigenvalue weighted by Crippen LogP contribution is 2.24. The number of anilines is 2. The molecule has 0 amide bonds. The van der Waals surface area contributed by atoms with Gasteiger partial charge in [0.15, 0.2) is 11.4 Å². The summed E-state index contributed by atoms with van der Waals surface area (Å²) in [4.78, 5) is 13.7. The number of aromatic nitrogens is 5. The van der Waals surface area contributed by atoms with Crippen LogP contribution in [0, 0.1) is 6.92 Å². The Morgan fingerprint density at radius 1 is 1.30 bits per heavy atom. The van der Waals surface area contributed by atoms with Crippen molar-refractivity contribution in [3.05, 3.63) is 42.0 Å². The van der Waals surface area contributed by atoms with E-state index in [1.165, 1.54) is 10.9 Å². The Labute approximate surface area is 173 Å². The lowest BCUT2D eigenvalue weighted by molar-refractivity contribution is 0.240. The highest BCUT2D eigenvalue weighted by molar-refractivity contribution is 5.59. The molecule has 30 heavy (non-hydrogen) atoms. The lowest BCUT2D eigenvalue weighted by Crippen LogP contribution is -2.39. The zero-order chi connectivity index (χ0) is 20.7. The van der Waals surface area contributed by atoms with Crippen LogP contribution in [0.5, 0.6) is 0 Å². The van der Waals surface area contributed by atoms with Crippen molar-refractivity contribution in [1.82, 2.24) is 29.6 Å². The summed E-state index contributed by atoms with van der Waals surface area (Å²) in [7, 11) is 2.03. The number of likely N-dealkylation sites (N-methyl/N-ethyl adjacent to an activating group) is 1. The third-order valence-electron chi connectivity index (χ3n) is 5.49. The summed E-state index contributed by atoms with van der Waals surface area (Å²) in [6.45, 7) is 4.59. The van der Waals surface area contributed by atoms with Gasteiger partial charge in [0.25, 0.3) is 0 Å². The summed E-state index contributed by atoms with van der Waals surface area (Å²) in [5.41, 5.74) is 7.77. The van der Waals surface area contributed by atoms with E-state index in [2.05, 4.69) is 30.0 Å². The summed E-state index contributed by atoms with van der Waals surface area (Å²) in [5.74, 6) is 2.98. The molecule has 1 atom stereocenters. The normalized spacial score (nSPS) is 17.2. The molecule has 1 aliphatic rings. The molecule has 156 valence electrons. The summed E-state index contributed by atoms with van der Waals surface area (Å²) in [6.07, 6.45) is 3.89. The average Bonchev–Trinajstić information content (AvgIpc) is 3.49. The molecule has 2 N–H and O–H groups in total. The van der Waals surface area contributed by atoms with Crippen molar-refractivity contribution < 1.29 is 8.94 Å². The molecule has 0 aliphatic carbocycles. The Bertz CT molecular complexity index is 1150. The maximum atomic E-state index is 6.16. The molecule has 4 aromatic heterocycles. The first kappa shape index (κ1) is 18.6. The molecule has 1 saturated heterocycles. The van der Waals surface area contributed by atoms with Gasteiger partial charge in [-0.05, 0) is 38.4 Å². The molecule has 10 heteroatoms. The first-order valence-electron chi connectivity index (χ1n) is 10.0. The lowest BCUT2D eigenvalue weighted by atomic mass is 10.2. The fraction of sp³-hybridized carbons (Fsp3) is 0.400. The smallest absolute Gasteiger partial charge is 0.225 e. The Kier molecular flexibility index (Phi) is 4.62. The molecule has 0 aromatic carbocycles. The van der Waals surface area contributed by atoms with Crippen LogP contribution >= 0.6 is 0 Å². The highest BCUT2D eigenvalue weighted by Gasteiger charge is 2.27. The van der Waals surface area contributed by atoms with Gasteiger partial charge in [-0.25, -0.2) is 4.98 Å². The fourth-order valence-electron chi connectivity index (χ4n) is 4.02. The first-order chi connectivity index (χ1) is 14.6. The average molecular weight is 408 g/mol. The highest BCUT2D eigenvalue weighted by atomic mass is 16.5. The van der Waals surface area contributed by atoms with Gasteiger partial charge in [-0.15, -0.1) is 5.10 Å². The van der Waals surface area contributed by atoms with Gasteiger partial charge in [-0.1, -0.05) is 5.16 Å². The molecule has 5 rings (SSSR count). The molecule has 0 radical (unpaired) electrons. The molecule has 5 heterocycles.